The second-order valence-corrected chi connectivity index (χ2v) is 22.6. The lowest BCUT2D eigenvalue weighted by molar-refractivity contribution is -0.140. The summed E-state index contributed by atoms with van der Waals surface area (Å²) < 4.78 is 5.63. The number of hydrogen-bond donors (Lipinski definition) is 0. The number of carbonyl (C=O) groups is 1. The van der Waals surface area contributed by atoms with E-state index in [1.165, 1.54) is 0 Å². The molecule has 1 fully saturated rings. The molecule has 0 spiro atoms. The molecule has 1 rings (SSSR count). The van der Waals surface area contributed by atoms with Gasteiger partial charge in [-0.15, -0.1) is 17.0 Å². The van der Waals surface area contributed by atoms with Gasteiger partial charge in [-0.3, -0.25) is 4.79 Å². The number of allylic oxidation sites excluding steroid dienone is 1. The number of cyclic esters (lactones) is 1. The molecule has 1 saturated heterocycles. The standard InChI is InChI=1S/C28H48O2Si2/c1-20(2)31(21(3)4,22(5)6)17-14-13-15-27-26(19-28(29)30-27)16-18-32(23(7)8,24(9)10)25(11)12/h13,15,20-27H,19H2,1-12H3/b15-13+/t26-,27-/m0/s1. The van der Waals surface area contributed by atoms with Crippen LogP contribution < -0.4 is 0 Å². The summed E-state index contributed by atoms with van der Waals surface area (Å²) in [4.78, 5) is 12.1. The van der Waals surface area contributed by atoms with Crippen molar-refractivity contribution >= 4 is 22.1 Å². The van der Waals surface area contributed by atoms with E-state index in [4.69, 9.17) is 4.74 Å². The van der Waals surface area contributed by atoms with Gasteiger partial charge in [0.05, 0.1) is 12.3 Å². The first-order valence-corrected chi connectivity index (χ1v) is 17.1. The molecule has 1 aliphatic rings. The van der Waals surface area contributed by atoms with Crippen LogP contribution in [0, 0.1) is 28.8 Å². The van der Waals surface area contributed by atoms with Crippen molar-refractivity contribution in [2.75, 3.05) is 0 Å². The van der Waals surface area contributed by atoms with Crippen molar-refractivity contribution in [2.24, 2.45) is 5.92 Å². The van der Waals surface area contributed by atoms with Crippen LogP contribution in [-0.4, -0.2) is 28.2 Å². The van der Waals surface area contributed by atoms with Gasteiger partial charge in [0.2, 0.25) is 0 Å². The Morgan fingerprint density at radius 1 is 0.750 bits per heavy atom. The first-order valence-electron chi connectivity index (χ1n) is 12.6. The Kier molecular flexibility index (Phi) is 10.6. The fraction of sp³-hybridized carbons (Fsp3) is 0.750. The van der Waals surface area contributed by atoms with Gasteiger partial charge >= 0.3 is 5.97 Å². The molecule has 0 saturated carbocycles. The average Bonchev–Trinajstić information content (AvgIpc) is 2.99. The van der Waals surface area contributed by atoms with Crippen LogP contribution in [0.25, 0.3) is 0 Å². The fourth-order valence-electron chi connectivity index (χ4n) is 6.28. The summed E-state index contributed by atoms with van der Waals surface area (Å²) in [5.74, 6) is 6.68. The number of ether oxygens (including phenoxy) is 1. The lowest BCUT2D eigenvalue weighted by atomic mass is 10.0. The molecule has 180 valence electrons. The molecule has 0 aromatic heterocycles. The topological polar surface area (TPSA) is 26.3 Å². The maximum atomic E-state index is 12.1. The first kappa shape index (κ1) is 28.8. The monoisotopic (exact) mass is 472 g/mol. The van der Waals surface area contributed by atoms with Crippen molar-refractivity contribution in [2.45, 2.75) is 129 Å². The Hall–Kier alpha value is -1.24. The minimum atomic E-state index is -1.82. The first-order chi connectivity index (χ1) is 14.7. The van der Waals surface area contributed by atoms with Crippen LogP contribution in [0.2, 0.25) is 33.2 Å². The van der Waals surface area contributed by atoms with E-state index in [2.05, 4.69) is 106 Å². The van der Waals surface area contributed by atoms with Gasteiger partial charge < -0.3 is 4.74 Å². The normalized spacial score (nSPS) is 19.9. The molecule has 1 aliphatic heterocycles. The van der Waals surface area contributed by atoms with E-state index in [0.29, 0.717) is 39.7 Å². The third kappa shape index (κ3) is 6.01. The molecule has 2 atom stereocenters. The van der Waals surface area contributed by atoms with Crippen LogP contribution in [0.15, 0.2) is 12.2 Å². The minimum Gasteiger partial charge on any atom is -0.457 e. The summed E-state index contributed by atoms with van der Waals surface area (Å²) in [5.41, 5.74) is 11.0. The highest BCUT2D eigenvalue weighted by Gasteiger charge is 2.43. The summed E-state index contributed by atoms with van der Waals surface area (Å²) >= 11 is 0. The van der Waals surface area contributed by atoms with Gasteiger partial charge in [0.1, 0.15) is 22.3 Å². The van der Waals surface area contributed by atoms with E-state index in [1.54, 1.807) is 0 Å². The molecule has 0 aliphatic carbocycles. The summed E-state index contributed by atoms with van der Waals surface area (Å²) in [5, 5.41) is 0. The molecular formula is C28H48O2Si2. The highest BCUT2D eigenvalue weighted by Crippen LogP contribution is 2.42. The predicted octanol–water partition coefficient (Wildman–Crippen LogP) is 7.92. The summed E-state index contributed by atoms with van der Waals surface area (Å²) in [6, 6.07) is 0. The van der Waals surface area contributed by atoms with Crippen LogP contribution in [0.4, 0.5) is 0 Å². The van der Waals surface area contributed by atoms with Crippen LogP contribution in [0.3, 0.4) is 0 Å². The van der Waals surface area contributed by atoms with Crippen LogP contribution in [0.1, 0.15) is 89.5 Å². The molecule has 0 aromatic carbocycles. The smallest absolute Gasteiger partial charge is 0.307 e. The van der Waals surface area contributed by atoms with Crippen LogP contribution >= 0.6 is 0 Å². The molecular weight excluding hydrogens is 424 g/mol. The van der Waals surface area contributed by atoms with Crippen molar-refractivity contribution < 1.29 is 9.53 Å². The van der Waals surface area contributed by atoms with Crippen molar-refractivity contribution in [1.82, 2.24) is 0 Å². The zero-order chi connectivity index (χ0) is 24.9. The van der Waals surface area contributed by atoms with Crippen molar-refractivity contribution in [3.05, 3.63) is 12.2 Å². The molecule has 0 unspecified atom stereocenters. The van der Waals surface area contributed by atoms with Gasteiger partial charge in [0, 0.05) is 0 Å². The highest BCUT2D eigenvalue weighted by molar-refractivity contribution is 6.91. The van der Waals surface area contributed by atoms with Crippen molar-refractivity contribution in [3.63, 3.8) is 0 Å². The summed E-state index contributed by atoms with van der Waals surface area (Å²) in [6.45, 7) is 27.8. The second-order valence-electron chi connectivity index (χ2n) is 11.5. The van der Waals surface area contributed by atoms with E-state index >= 15 is 0 Å². The Labute approximate surface area is 201 Å². The van der Waals surface area contributed by atoms with Gasteiger partial charge in [0.15, 0.2) is 0 Å². The fourth-order valence-corrected chi connectivity index (χ4v) is 16.8. The van der Waals surface area contributed by atoms with Gasteiger partial charge in [-0.2, -0.15) is 0 Å². The van der Waals surface area contributed by atoms with Crippen molar-refractivity contribution in [1.29, 1.82) is 0 Å². The Morgan fingerprint density at radius 3 is 1.56 bits per heavy atom. The van der Waals surface area contributed by atoms with Crippen molar-refractivity contribution in [3.8, 4) is 22.9 Å². The zero-order valence-electron chi connectivity index (χ0n) is 22.8. The lowest BCUT2D eigenvalue weighted by Gasteiger charge is -2.38. The number of carbonyl (C=O) groups excluding carboxylic acids is 1. The quantitative estimate of drug-likeness (QED) is 0.214. The third-order valence-corrected chi connectivity index (χ3v) is 20.5. The molecule has 0 radical (unpaired) electrons. The average molecular weight is 473 g/mol. The summed E-state index contributed by atoms with van der Waals surface area (Å²) in [6.07, 6.45) is 4.00. The molecule has 2 nitrogen and oxygen atoms in total. The van der Waals surface area contributed by atoms with E-state index in [0.717, 1.165) is 0 Å². The van der Waals surface area contributed by atoms with Gasteiger partial charge in [0.25, 0.3) is 0 Å². The van der Waals surface area contributed by atoms with Gasteiger partial charge in [-0.1, -0.05) is 89.0 Å². The third-order valence-electron chi connectivity index (χ3n) is 7.91. The van der Waals surface area contributed by atoms with Gasteiger partial charge in [-0.05, 0) is 45.4 Å². The molecule has 0 amide bonds. The highest BCUT2D eigenvalue weighted by atomic mass is 28.3. The van der Waals surface area contributed by atoms with E-state index in [1.807, 2.05) is 12.2 Å². The SMILES string of the molecule is CC(C)[Si](C#C/C=C/[C@@H]1OC(=O)C[C@@H]1C#C[Si](C(C)C)(C(C)C)C(C)C)(C(C)C)C(C)C. The van der Waals surface area contributed by atoms with Crippen LogP contribution in [0.5, 0.6) is 0 Å². The Balaban J connectivity index is 3.22. The second kappa shape index (κ2) is 11.8. The number of hydrogen-bond acceptors (Lipinski definition) is 2. The van der Waals surface area contributed by atoms with Gasteiger partial charge in [-0.25, -0.2) is 0 Å². The lowest BCUT2D eigenvalue weighted by Crippen LogP contribution is -2.43. The minimum absolute atomic E-state index is 0.0639. The predicted molar refractivity (Wildman–Crippen MR) is 145 cm³/mol. The molecule has 0 N–H and O–H groups in total. The Morgan fingerprint density at radius 2 is 1.16 bits per heavy atom. The van der Waals surface area contributed by atoms with E-state index < -0.39 is 16.1 Å². The maximum absolute atomic E-state index is 12.1. The molecule has 1 heterocycles. The van der Waals surface area contributed by atoms with E-state index in [9.17, 15) is 4.79 Å². The molecule has 0 bridgehead atoms. The maximum Gasteiger partial charge on any atom is 0.307 e. The summed E-state index contributed by atoms with van der Waals surface area (Å²) in [7, 11) is -3.58. The number of esters is 1. The molecule has 32 heavy (non-hydrogen) atoms. The Bertz CT molecular complexity index is 738. The molecule has 0 aromatic rings. The zero-order valence-corrected chi connectivity index (χ0v) is 24.8. The number of rotatable bonds is 7. The largest absolute Gasteiger partial charge is 0.457 e. The molecule has 4 heteroatoms. The van der Waals surface area contributed by atoms with Crippen LogP contribution in [-0.2, 0) is 9.53 Å². The van der Waals surface area contributed by atoms with E-state index in [-0.39, 0.29) is 18.0 Å².